The first-order chi connectivity index (χ1) is 17.9. The van der Waals surface area contributed by atoms with Crippen molar-refractivity contribution in [2.45, 2.75) is 20.4 Å². The molecular weight excluding hydrogens is 486 g/mol. The smallest absolute Gasteiger partial charge is 0.419 e. The highest BCUT2D eigenvalue weighted by Gasteiger charge is 2.25. The molecule has 4 aromatic rings. The maximum Gasteiger partial charge on any atom is 0.419 e. The number of H-pyrrole nitrogens is 1. The van der Waals surface area contributed by atoms with Gasteiger partial charge in [-0.2, -0.15) is 0 Å². The van der Waals surface area contributed by atoms with E-state index in [0.717, 1.165) is 24.8 Å². The number of carbonyl (C=O) groups is 1. The summed E-state index contributed by atoms with van der Waals surface area (Å²) in [5.41, 5.74) is 0.736. The number of nitrogens with zero attached hydrogens (tertiary/aromatic N) is 4. The van der Waals surface area contributed by atoms with Crippen molar-refractivity contribution in [2.75, 3.05) is 32.6 Å². The van der Waals surface area contributed by atoms with Gasteiger partial charge in [-0.3, -0.25) is 15.2 Å². The number of imidazole rings is 1. The number of aromatic nitrogens is 4. The summed E-state index contributed by atoms with van der Waals surface area (Å²) >= 11 is 0. The van der Waals surface area contributed by atoms with Crippen LogP contribution in [0.15, 0.2) is 36.8 Å². The molecule has 0 saturated heterocycles. The van der Waals surface area contributed by atoms with Crippen molar-refractivity contribution in [2.24, 2.45) is 0 Å². The summed E-state index contributed by atoms with van der Waals surface area (Å²) in [4.78, 5) is 30.4. The monoisotopic (exact) mass is 512 g/mol. The molecule has 0 fully saturated rings. The standard InChI is InChI=1S/C25H26F2N6O4/c1-5-33(6-2)13-14-12-30-24(31-14)32-25(34)37-16-8-7-15(22-23(16)29-10-9-28-22)19-20(26)17(35-3)11-18(36-4)21(19)27/h7-12H,5-6,13H2,1-4H3,(H2,30,31,32,34). The first kappa shape index (κ1) is 25.8. The number of aromatic amines is 1. The van der Waals surface area contributed by atoms with E-state index in [4.69, 9.17) is 14.2 Å². The summed E-state index contributed by atoms with van der Waals surface area (Å²) < 4.78 is 45.9. The van der Waals surface area contributed by atoms with Crippen LogP contribution in [-0.2, 0) is 6.54 Å². The number of methoxy groups -OCH3 is 2. The van der Waals surface area contributed by atoms with E-state index in [1.165, 1.54) is 38.7 Å². The lowest BCUT2D eigenvalue weighted by Crippen LogP contribution is -2.22. The third kappa shape index (κ3) is 5.28. The Hall–Kier alpha value is -4.32. The van der Waals surface area contributed by atoms with Crippen LogP contribution in [0.4, 0.5) is 19.5 Å². The summed E-state index contributed by atoms with van der Waals surface area (Å²) in [5, 5.41) is 2.53. The lowest BCUT2D eigenvalue weighted by atomic mass is 10.0. The fourth-order valence-electron chi connectivity index (χ4n) is 3.85. The minimum Gasteiger partial charge on any atom is -0.494 e. The van der Waals surface area contributed by atoms with Crippen LogP contribution in [-0.4, -0.2) is 58.2 Å². The zero-order valence-electron chi connectivity index (χ0n) is 20.8. The van der Waals surface area contributed by atoms with Gasteiger partial charge in [0, 0.05) is 30.6 Å². The summed E-state index contributed by atoms with van der Waals surface area (Å²) in [6, 6.07) is 3.88. The molecule has 0 radical (unpaired) electrons. The summed E-state index contributed by atoms with van der Waals surface area (Å²) in [5.74, 6) is -2.02. The minimum atomic E-state index is -0.933. The quantitative estimate of drug-likeness (QED) is 0.330. The number of carbonyl (C=O) groups excluding carboxylic acids is 1. The van der Waals surface area contributed by atoms with Crippen LogP contribution in [0, 0.1) is 11.6 Å². The van der Waals surface area contributed by atoms with Gasteiger partial charge >= 0.3 is 6.09 Å². The first-order valence-electron chi connectivity index (χ1n) is 11.5. The van der Waals surface area contributed by atoms with E-state index in [1.807, 2.05) is 0 Å². The topological polar surface area (TPSA) is 114 Å². The zero-order valence-corrected chi connectivity index (χ0v) is 20.8. The average Bonchev–Trinajstić information content (AvgIpc) is 3.35. The van der Waals surface area contributed by atoms with Gasteiger partial charge in [-0.15, -0.1) is 0 Å². The van der Waals surface area contributed by atoms with Crippen molar-refractivity contribution < 1.29 is 27.8 Å². The number of hydrogen-bond acceptors (Lipinski definition) is 8. The maximum absolute atomic E-state index is 15.2. The predicted octanol–water partition coefficient (Wildman–Crippen LogP) is 4.77. The molecule has 2 aromatic carbocycles. The van der Waals surface area contributed by atoms with Crippen molar-refractivity contribution in [3.8, 4) is 28.4 Å². The van der Waals surface area contributed by atoms with Gasteiger partial charge in [0.25, 0.3) is 0 Å². The molecule has 0 atom stereocenters. The second-order valence-electron chi connectivity index (χ2n) is 7.88. The first-order valence-corrected chi connectivity index (χ1v) is 11.5. The van der Waals surface area contributed by atoms with Gasteiger partial charge in [0.1, 0.15) is 11.0 Å². The number of rotatable bonds is 9. The lowest BCUT2D eigenvalue weighted by molar-refractivity contribution is 0.215. The van der Waals surface area contributed by atoms with Gasteiger partial charge < -0.3 is 19.2 Å². The van der Waals surface area contributed by atoms with Crippen LogP contribution >= 0.6 is 0 Å². The highest BCUT2D eigenvalue weighted by Crippen LogP contribution is 2.41. The van der Waals surface area contributed by atoms with Crippen molar-refractivity contribution in [3.05, 3.63) is 54.1 Å². The van der Waals surface area contributed by atoms with Gasteiger partial charge in [-0.1, -0.05) is 13.8 Å². The Balaban J connectivity index is 1.64. The lowest BCUT2D eigenvalue weighted by Gasteiger charge is -2.16. The van der Waals surface area contributed by atoms with Crippen LogP contribution in [0.25, 0.3) is 22.2 Å². The number of benzene rings is 2. The molecule has 0 unspecified atom stereocenters. The van der Waals surface area contributed by atoms with Crippen LogP contribution in [0.2, 0.25) is 0 Å². The molecular formula is C25H26F2N6O4. The van der Waals surface area contributed by atoms with Crippen molar-refractivity contribution in [1.82, 2.24) is 24.8 Å². The molecule has 4 rings (SSSR count). The molecule has 2 N–H and O–H groups in total. The second kappa shape index (κ2) is 11.2. The molecule has 0 saturated carbocycles. The Kier molecular flexibility index (Phi) is 7.77. The van der Waals surface area contributed by atoms with Gasteiger partial charge in [0.15, 0.2) is 28.9 Å². The Bertz CT molecular complexity index is 1400. The van der Waals surface area contributed by atoms with Gasteiger partial charge in [0.2, 0.25) is 5.95 Å². The van der Waals surface area contributed by atoms with Crippen molar-refractivity contribution >= 4 is 23.1 Å². The Morgan fingerprint density at radius 2 is 1.62 bits per heavy atom. The number of amides is 1. The Morgan fingerprint density at radius 3 is 2.24 bits per heavy atom. The van der Waals surface area contributed by atoms with E-state index in [0.29, 0.717) is 6.54 Å². The van der Waals surface area contributed by atoms with E-state index >= 15 is 8.78 Å². The highest BCUT2D eigenvalue weighted by atomic mass is 19.1. The van der Waals surface area contributed by atoms with Crippen molar-refractivity contribution in [1.29, 1.82) is 0 Å². The normalized spacial score (nSPS) is 11.1. The molecule has 37 heavy (non-hydrogen) atoms. The summed E-state index contributed by atoms with van der Waals surface area (Å²) in [6.45, 7) is 6.52. The number of halogens is 2. The zero-order chi connectivity index (χ0) is 26.5. The number of ether oxygens (including phenoxy) is 3. The molecule has 0 bridgehead atoms. The van der Waals surface area contributed by atoms with E-state index in [1.54, 1.807) is 6.20 Å². The number of nitrogens with one attached hydrogen (secondary N) is 2. The van der Waals surface area contributed by atoms with E-state index in [-0.39, 0.29) is 39.8 Å². The number of hydrogen-bond donors (Lipinski definition) is 2. The molecule has 194 valence electrons. The number of anilines is 1. The van der Waals surface area contributed by atoms with E-state index in [9.17, 15) is 4.79 Å². The maximum atomic E-state index is 15.2. The minimum absolute atomic E-state index is 0.0370. The van der Waals surface area contributed by atoms with Crippen LogP contribution < -0.4 is 19.5 Å². The average molecular weight is 513 g/mol. The number of fused-ring (bicyclic) bond motifs is 1. The predicted molar refractivity (Wildman–Crippen MR) is 133 cm³/mol. The molecule has 2 heterocycles. The van der Waals surface area contributed by atoms with E-state index < -0.39 is 23.3 Å². The van der Waals surface area contributed by atoms with Crippen LogP contribution in [0.5, 0.6) is 17.2 Å². The summed E-state index contributed by atoms with van der Waals surface area (Å²) in [6.07, 6.45) is 3.55. The van der Waals surface area contributed by atoms with Gasteiger partial charge in [-0.05, 0) is 25.2 Å². The molecule has 0 aliphatic heterocycles. The van der Waals surface area contributed by atoms with E-state index in [2.05, 4.69) is 44.0 Å². The molecule has 0 aliphatic carbocycles. The third-order valence-corrected chi connectivity index (χ3v) is 5.77. The molecule has 0 aliphatic rings. The molecule has 12 heteroatoms. The Morgan fingerprint density at radius 1 is 0.973 bits per heavy atom. The fourth-order valence-corrected chi connectivity index (χ4v) is 3.85. The molecule has 10 nitrogen and oxygen atoms in total. The molecule has 0 spiro atoms. The molecule has 1 amide bonds. The van der Waals surface area contributed by atoms with Crippen LogP contribution in [0.3, 0.4) is 0 Å². The summed E-state index contributed by atoms with van der Waals surface area (Å²) in [7, 11) is 2.52. The van der Waals surface area contributed by atoms with Gasteiger partial charge in [-0.25, -0.2) is 23.5 Å². The highest BCUT2D eigenvalue weighted by molar-refractivity contribution is 5.97. The fraction of sp³-hybridized carbons (Fsp3) is 0.280. The van der Waals surface area contributed by atoms with Gasteiger partial charge in [0.05, 0.1) is 31.7 Å². The molecule has 2 aromatic heterocycles. The second-order valence-corrected chi connectivity index (χ2v) is 7.88. The largest absolute Gasteiger partial charge is 0.494 e. The SMILES string of the molecule is CCN(CC)Cc1cnc(NC(=O)Oc2ccc(-c3c(F)c(OC)cc(OC)c3F)c3nccnc23)[nH]1. The third-order valence-electron chi connectivity index (χ3n) is 5.77. The van der Waals surface area contributed by atoms with Crippen molar-refractivity contribution in [3.63, 3.8) is 0 Å². The Labute approximate surface area is 211 Å². The van der Waals surface area contributed by atoms with Crippen LogP contribution in [0.1, 0.15) is 19.5 Å².